The number of benzene rings is 1. The van der Waals surface area contributed by atoms with Gasteiger partial charge in [-0.1, -0.05) is 0 Å². The molecule has 0 spiro atoms. The van der Waals surface area contributed by atoms with Gasteiger partial charge in [-0.05, 0) is 12.1 Å². The Labute approximate surface area is 73.9 Å². The second-order valence-corrected chi connectivity index (χ2v) is 2.27. The zero-order valence-corrected chi connectivity index (χ0v) is 6.48. The Morgan fingerprint density at radius 3 is 2.69 bits per heavy atom. The summed E-state index contributed by atoms with van der Waals surface area (Å²) in [6, 6.07) is 3.48. The molecule has 5 nitrogen and oxygen atoms in total. The highest BCUT2D eigenvalue weighted by molar-refractivity contribution is 5.97. The van der Waals surface area contributed by atoms with Crippen LogP contribution in [0.15, 0.2) is 18.2 Å². The van der Waals surface area contributed by atoms with Gasteiger partial charge in [-0.25, -0.2) is 0 Å². The second kappa shape index (κ2) is 3.45. The number of aromatic hydroxyl groups is 2. The molecule has 1 aromatic carbocycles. The summed E-state index contributed by atoms with van der Waals surface area (Å²) in [5.41, 5.74) is -0.0562. The van der Waals surface area contributed by atoms with Gasteiger partial charge in [0.2, 0.25) is 0 Å². The summed E-state index contributed by atoms with van der Waals surface area (Å²) in [4.78, 5) is 11.0. The molecule has 0 saturated heterocycles. The quantitative estimate of drug-likeness (QED) is 0.426. The standard InChI is InChI=1S/C8H6N2O3/c9-4-10-8(13)6-2-1-5(11)3-7(6)12/h1-3,11-12H,(H,10,13). The van der Waals surface area contributed by atoms with Gasteiger partial charge < -0.3 is 10.2 Å². The molecular formula is C8H6N2O3. The summed E-state index contributed by atoms with van der Waals surface area (Å²) in [6.45, 7) is 0. The first-order chi connectivity index (χ1) is 6.15. The smallest absolute Gasteiger partial charge is 0.268 e. The van der Waals surface area contributed by atoms with Crippen LogP contribution in [0.5, 0.6) is 11.5 Å². The third-order valence-corrected chi connectivity index (χ3v) is 1.40. The fraction of sp³-hybridized carbons (Fsp3) is 0. The number of phenolic OH excluding ortho intramolecular Hbond substituents is 2. The van der Waals surface area contributed by atoms with Crippen LogP contribution in [-0.4, -0.2) is 16.1 Å². The minimum Gasteiger partial charge on any atom is -0.508 e. The zero-order valence-electron chi connectivity index (χ0n) is 6.48. The summed E-state index contributed by atoms with van der Waals surface area (Å²) < 4.78 is 0. The molecule has 0 radical (unpaired) electrons. The van der Waals surface area contributed by atoms with Gasteiger partial charge in [0, 0.05) is 6.07 Å². The maximum absolute atomic E-state index is 11.0. The van der Waals surface area contributed by atoms with E-state index in [0.29, 0.717) is 0 Å². The number of carbonyl (C=O) groups is 1. The van der Waals surface area contributed by atoms with E-state index in [9.17, 15) is 4.79 Å². The first kappa shape index (κ1) is 8.87. The summed E-state index contributed by atoms with van der Waals surface area (Å²) in [5, 5.41) is 28.0. The van der Waals surface area contributed by atoms with E-state index in [-0.39, 0.29) is 17.1 Å². The van der Waals surface area contributed by atoms with E-state index in [2.05, 4.69) is 0 Å². The lowest BCUT2D eigenvalue weighted by Crippen LogP contribution is -2.17. The predicted octanol–water partition coefficient (Wildman–Crippen LogP) is 0.309. The van der Waals surface area contributed by atoms with Crippen molar-refractivity contribution < 1.29 is 15.0 Å². The highest BCUT2D eigenvalue weighted by Crippen LogP contribution is 2.21. The summed E-state index contributed by atoms with van der Waals surface area (Å²) in [6.07, 6.45) is 1.43. The molecule has 0 unspecified atom stereocenters. The van der Waals surface area contributed by atoms with Crippen molar-refractivity contribution in [2.75, 3.05) is 0 Å². The number of rotatable bonds is 1. The molecule has 0 bridgehead atoms. The van der Waals surface area contributed by atoms with Crippen LogP contribution >= 0.6 is 0 Å². The van der Waals surface area contributed by atoms with Crippen molar-refractivity contribution in [3.05, 3.63) is 23.8 Å². The van der Waals surface area contributed by atoms with Crippen LogP contribution < -0.4 is 5.32 Å². The van der Waals surface area contributed by atoms with Gasteiger partial charge in [-0.2, -0.15) is 5.26 Å². The molecule has 1 rings (SSSR count). The Morgan fingerprint density at radius 1 is 1.46 bits per heavy atom. The Morgan fingerprint density at radius 2 is 2.15 bits per heavy atom. The van der Waals surface area contributed by atoms with E-state index in [1.54, 1.807) is 0 Å². The molecule has 0 fully saturated rings. The average Bonchev–Trinajstić information content (AvgIpc) is 2.04. The van der Waals surface area contributed by atoms with Crippen LogP contribution in [0.25, 0.3) is 0 Å². The lowest BCUT2D eigenvalue weighted by molar-refractivity contribution is 0.0970. The van der Waals surface area contributed by atoms with Crippen molar-refractivity contribution in [3.8, 4) is 17.7 Å². The van der Waals surface area contributed by atoms with E-state index < -0.39 is 5.91 Å². The molecule has 5 heteroatoms. The summed E-state index contributed by atoms with van der Waals surface area (Å²) in [5.74, 6) is -1.22. The first-order valence-electron chi connectivity index (χ1n) is 3.36. The fourth-order valence-electron chi connectivity index (χ4n) is 0.830. The topological polar surface area (TPSA) is 93.4 Å². The number of amides is 1. The molecule has 0 aliphatic carbocycles. The minimum atomic E-state index is -0.708. The molecule has 0 saturated carbocycles. The molecule has 1 aromatic rings. The maximum Gasteiger partial charge on any atom is 0.268 e. The molecular weight excluding hydrogens is 172 g/mol. The third kappa shape index (κ3) is 1.87. The predicted molar refractivity (Wildman–Crippen MR) is 42.9 cm³/mol. The van der Waals surface area contributed by atoms with E-state index in [4.69, 9.17) is 15.5 Å². The van der Waals surface area contributed by atoms with Gasteiger partial charge in [-0.3, -0.25) is 10.1 Å². The normalized spacial score (nSPS) is 8.85. The lowest BCUT2D eigenvalue weighted by Gasteiger charge is -2.01. The number of nitrogens with zero attached hydrogens (tertiary/aromatic N) is 1. The molecule has 66 valence electrons. The van der Waals surface area contributed by atoms with Gasteiger partial charge >= 0.3 is 0 Å². The van der Waals surface area contributed by atoms with Crippen LogP contribution in [0, 0.1) is 11.5 Å². The van der Waals surface area contributed by atoms with Crippen molar-refractivity contribution in [2.45, 2.75) is 0 Å². The number of hydrogen-bond donors (Lipinski definition) is 3. The van der Waals surface area contributed by atoms with Crippen LogP contribution in [0.4, 0.5) is 0 Å². The van der Waals surface area contributed by atoms with Gasteiger partial charge in [0.15, 0.2) is 6.19 Å². The van der Waals surface area contributed by atoms with Crippen LogP contribution in [0.3, 0.4) is 0 Å². The van der Waals surface area contributed by atoms with Crippen molar-refractivity contribution in [1.82, 2.24) is 5.32 Å². The first-order valence-corrected chi connectivity index (χ1v) is 3.36. The lowest BCUT2D eigenvalue weighted by atomic mass is 10.2. The minimum absolute atomic E-state index is 0.0562. The van der Waals surface area contributed by atoms with Crippen molar-refractivity contribution >= 4 is 5.91 Å². The number of nitrogens with one attached hydrogen (secondary N) is 1. The van der Waals surface area contributed by atoms with E-state index in [1.807, 2.05) is 5.32 Å². The Bertz CT molecular complexity index is 381. The van der Waals surface area contributed by atoms with E-state index in [0.717, 1.165) is 6.07 Å². The van der Waals surface area contributed by atoms with Gasteiger partial charge in [-0.15, -0.1) is 0 Å². The van der Waals surface area contributed by atoms with Crippen LogP contribution in [-0.2, 0) is 0 Å². The van der Waals surface area contributed by atoms with Crippen molar-refractivity contribution in [3.63, 3.8) is 0 Å². The molecule has 0 aliphatic heterocycles. The molecule has 3 N–H and O–H groups in total. The monoisotopic (exact) mass is 178 g/mol. The van der Waals surface area contributed by atoms with Crippen molar-refractivity contribution in [1.29, 1.82) is 5.26 Å². The Hall–Kier alpha value is -2.22. The third-order valence-electron chi connectivity index (χ3n) is 1.40. The van der Waals surface area contributed by atoms with Crippen molar-refractivity contribution in [2.24, 2.45) is 0 Å². The highest BCUT2D eigenvalue weighted by atomic mass is 16.3. The van der Waals surface area contributed by atoms with Crippen LogP contribution in [0.2, 0.25) is 0 Å². The second-order valence-electron chi connectivity index (χ2n) is 2.27. The van der Waals surface area contributed by atoms with Gasteiger partial charge in [0.25, 0.3) is 5.91 Å². The fourth-order valence-corrected chi connectivity index (χ4v) is 0.830. The van der Waals surface area contributed by atoms with Gasteiger partial charge in [0.1, 0.15) is 11.5 Å². The summed E-state index contributed by atoms with van der Waals surface area (Å²) >= 11 is 0. The Kier molecular flexibility index (Phi) is 2.36. The van der Waals surface area contributed by atoms with Crippen LogP contribution in [0.1, 0.15) is 10.4 Å². The molecule has 0 atom stereocenters. The highest BCUT2D eigenvalue weighted by Gasteiger charge is 2.10. The maximum atomic E-state index is 11.0. The molecule has 0 heterocycles. The van der Waals surface area contributed by atoms with Gasteiger partial charge in [0.05, 0.1) is 5.56 Å². The number of phenols is 2. The molecule has 0 aromatic heterocycles. The zero-order chi connectivity index (χ0) is 9.84. The molecule has 0 aliphatic rings. The number of hydrogen-bond acceptors (Lipinski definition) is 4. The van der Waals surface area contributed by atoms with E-state index in [1.165, 1.54) is 18.3 Å². The summed E-state index contributed by atoms with van der Waals surface area (Å²) in [7, 11) is 0. The SMILES string of the molecule is N#CNC(=O)c1ccc(O)cc1O. The molecule has 1 amide bonds. The van der Waals surface area contributed by atoms with E-state index >= 15 is 0 Å². The number of nitriles is 1. The average molecular weight is 178 g/mol. The largest absolute Gasteiger partial charge is 0.508 e. The number of carbonyl (C=O) groups excluding carboxylic acids is 1. The molecule has 13 heavy (non-hydrogen) atoms. The Balaban J connectivity index is 3.03.